The van der Waals surface area contributed by atoms with Crippen LogP contribution in [0.2, 0.25) is 0 Å². The molecule has 0 radical (unpaired) electrons. The van der Waals surface area contributed by atoms with Crippen LogP contribution in [-0.4, -0.2) is 37.6 Å². The first-order chi connectivity index (χ1) is 10.5. The fourth-order valence-corrected chi connectivity index (χ4v) is 1.79. The normalized spacial score (nSPS) is 12.0. The molecule has 0 aromatic heterocycles. The van der Waals surface area contributed by atoms with E-state index in [-0.39, 0.29) is 11.8 Å². The minimum Gasteiger partial charge on any atom is -0.381 e. The Hall–Kier alpha value is -1.88. The van der Waals surface area contributed by atoms with Crippen LogP contribution < -0.4 is 10.6 Å². The lowest BCUT2D eigenvalue weighted by molar-refractivity contribution is -0.122. The third-order valence-corrected chi connectivity index (χ3v) is 2.99. The van der Waals surface area contributed by atoms with Gasteiger partial charge in [-0.15, -0.1) is 0 Å². The van der Waals surface area contributed by atoms with Gasteiger partial charge in [0, 0.05) is 25.3 Å². The van der Waals surface area contributed by atoms with E-state index < -0.39 is 6.04 Å². The van der Waals surface area contributed by atoms with Gasteiger partial charge in [0.25, 0.3) is 5.91 Å². The van der Waals surface area contributed by atoms with Crippen molar-refractivity contribution in [3.05, 3.63) is 35.9 Å². The maximum atomic E-state index is 11.9. The van der Waals surface area contributed by atoms with Gasteiger partial charge in [-0.25, -0.2) is 0 Å². The highest BCUT2D eigenvalue weighted by molar-refractivity contribution is 5.97. The lowest BCUT2D eigenvalue weighted by atomic mass is 10.2. The molecule has 0 aliphatic carbocycles. The van der Waals surface area contributed by atoms with Crippen LogP contribution in [0.15, 0.2) is 30.3 Å². The summed E-state index contributed by atoms with van der Waals surface area (Å²) in [7, 11) is 0. The third kappa shape index (κ3) is 7.22. The molecule has 0 saturated carbocycles. The van der Waals surface area contributed by atoms with Gasteiger partial charge < -0.3 is 15.4 Å². The van der Waals surface area contributed by atoms with Crippen molar-refractivity contribution in [2.75, 3.05) is 19.8 Å². The van der Waals surface area contributed by atoms with Crippen molar-refractivity contribution in [3.8, 4) is 0 Å². The van der Waals surface area contributed by atoms with Gasteiger partial charge in [-0.05, 0) is 31.4 Å². The minimum absolute atomic E-state index is 0.187. The summed E-state index contributed by atoms with van der Waals surface area (Å²) in [6.45, 7) is 7.77. The zero-order chi connectivity index (χ0) is 16.4. The first-order valence-corrected chi connectivity index (χ1v) is 7.72. The van der Waals surface area contributed by atoms with E-state index >= 15 is 0 Å². The number of nitrogens with one attached hydrogen (secondary N) is 2. The van der Waals surface area contributed by atoms with E-state index in [4.69, 9.17) is 4.74 Å². The molecular formula is C17H26N2O3. The average Bonchev–Trinajstić information content (AvgIpc) is 2.50. The summed E-state index contributed by atoms with van der Waals surface area (Å²) in [4.78, 5) is 23.8. The fraction of sp³-hybridized carbons (Fsp3) is 0.529. The van der Waals surface area contributed by atoms with E-state index in [2.05, 4.69) is 24.5 Å². The number of hydrogen-bond acceptors (Lipinski definition) is 3. The van der Waals surface area contributed by atoms with E-state index in [0.29, 0.717) is 24.6 Å². The van der Waals surface area contributed by atoms with Gasteiger partial charge in [-0.1, -0.05) is 32.0 Å². The Morgan fingerprint density at radius 2 is 1.82 bits per heavy atom. The maximum Gasteiger partial charge on any atom is 0.251 e. The van der Waals surface area contributed by atoms with E-state index in [0.717, 1.165) is 13.0 Å². The SMILES string of the molecule is CC(C)COCCCNC(=O)C(C)NC(=O)c1ccccc1. The van der Waals surface area contributed by atoms with Crippen LogP contribution in [-0.2, 0) is 9.53 Å². The van der Waals surface area contributed by atoms with Crippen LogP contribution in [0.5, 0.6) is 0 Å². The molecule has 0 aliphatic heterocycles. The minimum atomic E-state index is -0.565. The topological polar surface area (TPSA) is 67.4 Å². The summed E-state index contributed by atoms with van der Waals surface area (Å²) in [6, 6.07) is 8.28. The molecule has 5 heteroatoms. The number of carbonyl (C=O) groups is 2. The van der Waals surface area contributed by atoms with Crippen molar-refractivity contribution in [1.29, 1.82) is 0 Å². The Kier molecular flexibility index (Phi) is 8.22. The summed E-state index contributed by atoms with van der Waals surface area (Å²) in [5, 5.41) is 5.47. The predicted molar refractivity (Wildman–Crippen MR) is 86.7 cm³/mol. The van der Waals surface area contributed by atoms with E-state index in [1.54, 1.807) is 31.2 Å². The molecular weight excluding hydrogens is 280 g/mol. The largest absolute Gasteiger partial charge is 0.381 e. The second-order valence-electron chi connectivity index (χ2n) is 5.67. The van der Waals surface area contributed by atoms with Gasteiger partial charge in [0.2, 0.25) is 5.91 Å². The van der Waals surface area contributed by atoms with E-state index in [9.17, 15) is 9.59 Å². The van der Waals surface area contributed by atoms with Gasteiger partial charge in [0.05, 0.1) is 0 Å². The highest BCUT2D eigenvalue weighted by Crippen LogP contribution is 1.99. The van der Waals surface area contributed by atoms with Crippen molar-refractivity contribution in [1.82, 2.24) is 10.6 Å². The molecule has 1 aromatic rings. The summed E-state index contributed by atoms with van der Waals surface area (Å²) in [6.07, 6.45) is 0.762. The quantitative estimate of drug-likeness (QED) is 0.686. The first-order valence-electron chi connectivity index (χ1n) is 7.72. The van der Waals surface area contributed by atoms with Gasteiger partial charge >= 0.3 is 0 Å². The Morgan fingerprint density at radius 3 is 2.45 bits per heavy atom. The molecule has 1 aromatic carbocycles. The molecule has 1 rings (SSSR count). The van der Waals surface area contributed by atoms with Crippen LogP contribution in [0.4, 0.5) is 0 Å². The van der Waals surface area contributed by atoms with Crippen LogP contribution in [0.1, 0.15) is 37.6 Å². The monoisotopic (exact) mass is 306 g/mol. The molecule has 0 spiro atoms. The molecule has 1 atom stereocenters. The zero-order valence-corrected chi connectivity index (χ0v) is 13.6. The molecule has 0 bridgehead atoms. The predicted octanol–water partition coefficient (Wildman–Crippen LogP) is 1.98. The van der Waals surface area contributed by atoms with E-state index in [1.807, 2.05) is 6.07 Å². The maximum absolute atomic E-state index is 11.9. The second kappa shape index (κ2) is 9.95. The molecule has 22 heavy (non-hydrogen) atoms. The molecule has 0 heterocycles. The highest BCUT2D eigenvalue weighted by Gasteiger charge is 2.15. The van der Waals surface area contributed by atoms with Crippen molar-refractivity contribution >= 4 is 11.8 Å². The smallest absolute Gasteiger partial charge is 0.251 e. The summed E-state index contributed by atoms with van der Waals surface area (Å²) in [5.41, 5.74) is 0.546. The first kappa shape index (κ1) is 18.2. The summed E-state index contributed by atoms with van der Waals surface area (Å²) in [5.74, 6) is 0.0828. The Morgan fingerprint density at radius 1 is 1.14 bits per heavy atom. The number of amides is 2. The number of rotatable bonds is 9. The second-order valence-corrected chi connectivity index (χ2v) is 5.67. The lowest BCUT2D eigenvalue weighted by Crippen LogP contribution is -2.45. The molecule has 2 amide bonds. The van der Waals surface area contributed by atoms with Gasteiger partial charge in [-0.3, -0.25) is 9.59 Å². The third-order valence-electron chi connectivity index (χ3n) is 2.99. The number of hydrogen-bond donors (Lipinski definition) is 2. The number of benzene rings is 1. The summed E-state index contributed by atoms with van der Waals surface area (Å²) >= 11 is 0. The van der Waals surface area contributed by atoms with Gasteiger partial charge in [-0.2, -0.15) is 0 Å². The van der Waals surface area contributed by atoms with Crippen LogP contribution in [0.25, 0.3) is 0 Å². The van der Waals surface area contributed by atoms with Crippen molar-refractivity contribution in [3.63, 3.8) is 0 Å². The standard InChI is InChI=1S/C17H26N2O3/c1-13(2)12-22-11-7-10-18-16(20)14(3)19-17(21)15-8-5-4-6-9-15/h4-6,8-9,13-14H,7,10-12H2,1-3H3,(H,18,20)(H,19,21). The average molecular weight is 306 g/mol. The summed E-state index contributed by atoms with van der Waals surface area (Å²) < 4.78 is 5.44. The molecule has 0 saturated heterocycles. The Balaban J connectivity index is 2.21. The molecule has 2 N–H and O–H groups in total. The molecule has 5 nitrogen and oxygen atoms in total. The molecule has 0 fully saturated rings. The van der Waals surface area contributed by atoms with Crippen molar-refractivity contribution < 1.29 is 14.3 Å². The van der Waals surface area contributed by atoms with Crippen LogP contribution in [0, 0.1) is 5.92 Å². The van der Waals surface area contributed by atoms with Gasteiger partial charge in [0.15, 0.2) is 0 Å². The zero-order valence-electron chi connectivity index (χ0n) is 13.6. The van der Waals surface area contributed by atoms with Crippen molar-refractivity contribution in [2.45, 2.75) is 33.2 Å². The lowest BCUT2D eigenvalue weighted by Gasteiger charge is -2.14. The Bertz CT molecular complexity index is 460. The van der Waals surface area contributed by atoms with Crippen LogP contribution in [0.3, 0.4) is 0 Å². The number of ether oxygens (including phenoxy) is 1. The molecule has 1 unspecified atom stereocenters. The highest BCUT2D eigenvalue weighted by atomic mass is 16.5. The van der Waals surface area contributed by atoms with E-state index in [1.165, 1.54) is 0 Å². The van der Waals surface area contributed by atoms with Gasteiger partial charge in [0.1, 0.15) is 6.04 Å². The molecule has 0 aliphatic rings. The van der Waals surface area contributed by atoms with Crippen LogP contribution >= 0.6 is 0 Å². The van der Waals surface area contributed by atoms with Crippen molar-refractivity contribution in [2.24, 2.45) is 5.92 Å². The fourth-order valence-electron chi connectivity index (χ4n) is 1.79. The Labute approximate surface area is 132 Å². The molecule has 122 valence electrons. The number of carbonyl (C=O) groups excluding carboxylic acids is 2.